The van der Waals surface area contributed by atoms with Crippen LogP contribution in [0.25, 0.3) is 0 Å². The Morgan fingerprint density at radius 3 is 2.90 bits per heavy atom. The average molecular weight is 456 g/mol. The fourth-order valence-electron chi connectivity index (χ4n) is 4.83. The van der Waals surface area contributed by atoms with Crippen LogP contribution in [-0.4, -0.2) is 31.1 Å². The lowest BCUT2D eigenvalue weighted by atomic mass is 9.73. The second kappa shape index (κ2) is 8.73. The van der Waals surface area contributed by atoms with Crippen molar-refractivity contribution in [3.05, 3.63) is 67.3 Å². The number of dihydropyridines is 1. The number of esters is 1. The zero-order chi connectivity index (χ0) is 21.4. The SMILES string of the molecule is CC1=C(C(=O)OCC2CCCO2)C(c2ccsc2)C2=C(CC(c3cccs3)CC2=O)N1. The van der Waals surface area contributed by atoms with Crippen molar-refractivity contribution < 1.29 is 19.1 Å². The third-order valence-electron chi connectivity index (χ3n) is 6.29. The van der Waals surface area contributed by atoms with Crippen molar-refractivity contribution in [1.29, 1.82) is 0 Å². The maximum atomic E-state index is 13.4. The van der Waals surface area contributed by atoms with Gasteiger partial charge >= 0.3 is 5.97 Å². The molecule has 3 unspecified atom stereocenters. The van der Waals surface area contributed by atoms with Crippen LogP contribution in [0.1, 0.15) is 54.9 Å². The summed E-state index contributed by atoms with van der Waals surface area (Å²) in [6.07, 6.45) is 3.13. The molecule has 1 fully saturated rings. The molecule has 4 heterocycles. The first-order chi connectivity index (χ1) is 15.1. The quantitative estimate of drug-likeness (QED) is 0.650. The molecule has 1 saturated heterocycles. The van der Waals surface area contributed by atoms with Crippen LogP contribution in [-0.2, 0) is 19.1 Å². The van der Waals surface area contributed by atoms with E-state index in [1.807, 2.05) is 29.8 Å². The van der Waals surface area contributed by atoms with Crippen molar-refractivity contribution >= 4 is 34.4 Å². The van der Waals surface area contributed by atoms with Crippen LogP contribution in [0.4, 0.5) is 0 Å². The molecule has 0 saturated carbocycles. The van der Waals surface area contributed by atoms with Crippen LogP contribution in [0.15, 0.2) is 56.9 Å². The van der Waals surface area contributed by atoms with Crippen molar-refractivity contribution in [3.63, 3.8) is 0 Å². The summed E-state index contributed by atoms with van der Waals surface area (Å²) < 4.78 is 11.3. The van der Waals surface area contributed by atoms with Gasteiger partial charge in [0.1, 0.15) is 6.61 Å². The number of thiophene rings is 2. The summed E-state index contributed by atoms with van der Waals surface area (Å²) >= 11 is 3.27. The first-order valence-corrected chi connectivity index (χ1v) is 12.5. The van der Waals surface area contributed by atoms with Crippen molar-refractivity contribution in [2.24, 2.45) is 0 Å². The van der Waals surface area contributed by atoms with Crippen LogP contribution in [0.5, 0.6) is 0 Å². The first kappa shape index (κ1) is 20.7. The number of carbonyl (C=O) groups is 2. The zero-order valence-electron chi connectivity index (χ0n) is 17.4. The highest BCUT2D eigenvalue weighted by Crippen LogP contribution is 2.46. The number of hydrogen-bond acceptors (Lipinski definition) is 7. The van der Waals surface area contributed by atoms with Crippen LogP contribution in [0.3, 0.4) is 0 Å². The van der Waals surface area contributed by atoms with E-state index >= 15 is 0 Å². The van der Waals surface area contributed by atoms with Gasteiger partial charge in [-0.15, -0.1) is 11.3 Å². The summed E-state index contributed by atoms with van der Waals surface area (Å²) in [5.41, 5.74) is 3.95. The van der Waals surface area contributed by atoms with Gasteiger partial charge in [-0.1, -0.05) is 6.07 Å². The molecule has 2 aromatic rings. The van der Waals surface area contributed by atoms with Gasteiger partial charge in [0.15, 0.2) is 5.78 Å². The second-order valence-electron chi connectivity index (χ2n) is 8.32. The smallest absolute Gasteiger partial charge is 0.336 e. The lowest BCUT2D eigenvalue weighted by Gasteiger charge is -2.36. The van der Waals surface area contributed by atoms with E-state index in [1.165, 1.54) is 4.88 Å². The van der Waals surface area contributed by atoms with Gasteiger partial charge in [0, 0.05) is 46.7 Å². The third kappa shape index (κ3) is 4.02. The zero-order valence-corrected chi connectivity index (χ0v) is 19.0. The summed E-state index contributed by atoms with van der Waals surface area (Å²) in [4.78, 5) is 27.8. The fourth-order valence-corrected chi connectivity index (χ4v) is 6.35. The van der Waals surface area contributed by atoms with Crippen LogP contribution in [0.2, 0.25) is 0 Å². The number of nitrogens with one attached hydrogen (secondary N) is 1. The van der Waals surface area contributed by atoms with E-state index in [2.05, 4.69) is 16.8 Å². The normalized spacial score (nSPS) is 26.1. The summed E-state index contributed by atoms with van der Waals surface area (Å²) in [6.45, 7) is 2.89. The standard InChI is InChI=1S/C24H25NO4S2/c1-14-21(24(27)29-12-17-4-2-7-28-17)22(15-6-9-30-13-15)23-18(25-14)10-16(11-19(23)26)20-5-3-8-31-20/h3,5-6,8-9,13,16-17,22,25H,2,4,7,10-12H2,1H3. The Labute approximate surface area is 189 Å². The van der Waals surface area contributed by atoms with E-state index in [0.717, 1.165) is 48.4 Å². The van der Waals surface area contributed by atoms with Crippen molar-refractivity contribution in [2.45, 2.75) is 50.5 Å². The van der Waals surface area contributed by atoms with Gasteiger partial charge < -0.3 is 14.8 Å². The molecule has 162 valence electrons. The Bertz CT molecular complexity index is 1030. The molecule has 0 radical (unpaired) electrons. The number of hydrogen-bond donors (Lipinski definition) is 1. The summed E-state index contributed by atoms with van der Waals surface area (Å²) in [5, 5.41) is 9.48. The van der Waals surface area contributed by atoms with E-state index in [1.54, 1.807) is 22.7 Å². The lowest BCUT2D eigenvalue weighted by Crippen LogP contribution is -2.36. The highest BCUT2D eigenvalue weighted by Gasteiger charge is 2.41. The summed E-state index contributed by atoms with van der Waals surface area (Å²) in [7, 11) is 0. The van der Waals surface area contributed by atoms with Gasteiger partial charge in [-0.3, -0.25) is 4.79 Å². The molecule has 1 N–H and O–H groups in total. The van der Waals surface area contributed by atoms with Crippen molar-refractivity contribution in [2.75, 3.05) is 13.2 Å². The Kier molecular flexibility index (Phi) is 5.82. The molecule has 3 atom stereocenters. The van der Waals surface area contributed by atoms with Crippen LogP contribution >= 0.6 is 22.7 Å². The molecule has 31 heavy (non-hydrogen) atoms. The van der Waals surface area contributed by atoms with E-state index < -0.39 is 0 Å². The molecule has 2 aliphatic heterocycles. The predicted molar refractivity (Wildman–Crippen MR) is 121 cm³/mol. The molecule has 1 aliphatic carbocycles. The predicted octanol–water partition coefficient (Wildman–Crippen LogP) is 4.89. The third-order valence-corrected chi connectivity index (χ3v) is 8.03. The van der Waals surface area contributed by atoms with E-state index in [9.17, 15) is 9.59 Å². The van der Waals surface area contributed by atoms with E-state index in [4.69, 9.17) is 9.47 Å². The fraction of sp³-hybridized carbons (Fsp3) is 0.417. The second-order valence-corrected chi connectivity index (χ2v) is 10.1. The van der Waals surface area contributed by atoms with E-state index in [0.29, 0.717) is 12.0 Å². The first-order valence-electron chi connectivity index (χ1n) is 10.7. The Hall–Kier alpha value is -2.22. The molecular formula is C24H25NO4S2. The molecule has 2 aromatic heterocycles. The van der Waals surface area contributed by atoms with Gasteiger partial charge in [-0.2, -0.15) is 11.3 Å². The maximum absolute atomic E-state index is 13.4. The van der Waals surface area contributed by atoms with Gasteiger partial charge in [-0.25, -0.2) is 4.79 Å². The highest BCUT2D eigenvalue weighted by atomic mass is 32.1. The average Bonchev–Trinajstić information content (AvgIpc) is 3.54. The Morgan fingerprint density at radius 2 is 2.19 bits per heavy atom. The molecule has 0 amide bonds. The summed E-state index contributed by atoms with van der Waals surface area (Å²) in [6, 6.07) is 6.14. The van der Waals surface area contributed by atoms with Crippen molar-refractivity contribution in [3.8, 4) is 0 Å². The number of allylic oxidation sites excluding steroid dienone is 3. The molecule has 3 aliphatic rings. The van der Waals surface area contributed by atoms with Gasteiger partial charge in [0.05, 0.1) is 11.7 Å². The van der Waals surface area contributed by atoms with Gasteiger partial charge in [0.25, 0.3) is 0 Å². The Morgan fingerprint density at radius 1 is 1.29 bits per heavy atom. The lowest BCUT2D eigenvalue weighted by molar-refractivity contribution is -0.142. The highest BCUT2D eigenvalue weighted by molar-refractivity contribution is 7.10. The van der Waals surface area contributed by atoms with E-state index in [-0.39, 0.29) is 36.3 Å². The number of Topliss-reactive ketones (excluding diaryl/α,β-unsaturated/α-hetero) is 1. The van der Waals surface area contributed by atoms with Crippen molar-refractivity contribution in [1.82, 2.24) is 5.32 Å². The molecule has 0 bridgehead atoms. The molecule has 0 spiro atoms. The maximum Gasteiger partial charge on any atom is 0.336 e. The minimum absolute atomic E-state index is 0.0290. The molecular weight excluding hydrogens is 430 g/mol. The number of carbonyl (C=O) groups excluding carboxylic acids is 2. The largest absolute Gasteiger partial charge is 0.459 e. The topological polar surface area (TPSA) is 64.6 Å². The minimum atomic E-state index is -0.378. The van der Waals surface area contributed by atoms with Crippen LogP contribution in [0, 0.1) is 0 Å². The minimum Gasteiger partial charge on any atom is -0.459 e. The molecule has 5 nitrogen and oxygen atoms in total. The Balaban J connectivity index is 1.46. The number of ketones is 1. The van der Waals surface area contributed by atoms with Crippen LogP contribution < -0.4 is 5.32 Å². The molecule has 7 heteroatoms. The number of rotatable bonds is 5. The molecule has 5 rings (SSSR count). The number of ether oxygens (including phenoxy) is 2. The monoisotopic (exact) mass is 455 g/mol. The van der Waals surface area contributed by atoms with Gasteiger partial charge in [0.2, 0.25) is 0 Å². The van der Waals surface area contributed by atoms with Gasteiger partial charge in [-0.05, 0) is 60.0 Å². The molecule has 0 aromatic carbocycles. The summed E-state index contributed by atoms with van der Waals surface area (Å²) in [5.74, 6) is -0.448.